The molecule has 1 unspecified atom stereocenters. The zero-order valence-corrected chi connectivity index (χ0v) is 15.1. The largest absolute Gasteiger partial charge is 0.386 e. The van der Waals surface area contributed by atoms with Crippen molar-refractivity contribution in [1.29, 1.82) is 0 Å². The van der Waals surface area contributed by atoms with E-state index in [1.54, 1.807) is 24.3 Å². The van der Waals surface area contributed by atoms with Gasteiger partial charge in [-0.3, -0.25) is 0 Å². The summed E-state index contributed by atoms with van der Waals surface area (Å²) >= 11 is 0. The molecule has 0 saturated carbocycles. The van der Waals surface area contributed by atoms with E-state index in [0.29, 0.717) is 12.5 Å². The summed E-state index contributed by atoms with van der Waals surface area (Å²) in [7, 11) is 0. The molecule has 0 fully saturated rings. The summed E-state index contributed by atoms with van der Waals surface area (Å²) in [6.07, 6.45) is 0. The molecule has 0 amide bonds. The Bertz CT molecular complexity index is 796. The van der Waals surface area contributed by atoms with E-state index in [4.69, 9.17) is 5.73 Å². The second-order valence-corrected chi connectivity index (χ2v) is 7.10. The van der Waals surface area contributed by atoms with E-state index in [1.165, 1.54) is 13.8 Å². The Morgan fingerprint density at radius 1 is 1.08 bits per heavy atom. The molecule has 142 valence electrons. The van der Waals surface area contributed by atoms with Gasteiger partial charge < -0.3 is 15.9 Å². The van der Waals surface area contributed by atoms with Crippen LogP contribution in [-0.4, -0.2) is 27.7 Å². The summed E-state index contributed by atoms with van der Waals surface area (Å²) in [5.41, 5.74) is 1.18. The van der Waals surface area contributed by atoms with Crippen LogP contribution >= 0.6 is 0 Å². The molecule has 1 atom stereocenters. The van der Waals surface area contributed by atoms with Crippen LogP contribution in [-0.2, 0) is 11.2 Å². The van der Waals surface area contributed by atoms with Crippen molar-refractivity contribution in [2.24, 2.45) is 5.73 Å². The number of hydrogen-bond donors (Lipinski definition) is 3. The number of aryl methyl sites for hydroxylation is 1. The van der Waals surface area contributed by atoms with Crippen LogP contribution in [0.4, 0.5) is 13.2 Å². The Morgan fingerprint density at radius 2 is 1.62 bits per heavy atom. The molecule has 2 rings (SSSR count). The fraction of sp³-hybridized carbons (Fsp3) is 0.421. The molecular weight excluding hydrogens is 345 g/mol. The molecule has 0 saturated heterocycles. The number of pyridine rings is 1. The molecule has 7 heteroatoms. The molecule has 1 aromatic carbocycles. The highest BCUT2D eigenvalue weighted by molar-refractivity contribution is 5.62. The Balaban J connectivity index is 2.83. The zero-order valence-electron chi connectivity index (χ0n) is 15.1. The number of rotatable bonds is 5. The van der Waals surface area contributed by atoms with E-state index < -0.39 is 35.2 Å². The number of aromatic nitrogens is 1. The third kappa shape index (κ3) is 3.60. The smallest absolute Gasteiger partial charge is 0.280 e. The van der Waals surface area contributed by atoms with Crippen LogP contribution in [0.1, 0.15) is 37.6 Å². The zero-order chi connectivity index (χ0) is 19.9. The number of nitrogens with two attached hydrogens (primary N) is 1. The average molecular weight is 368 g/mol. The summed E-state index contributed by atoms with van der Waals surface area (Å²) in [5, 5.41) is 20.8. The highest BCUT2D eigenvalue weighted by atomic mass is 19.3. The standard InChI is InChI=1S/C19H23F3N2O2/c1-11-5-7-12(8-6-11)16-15(20)13(17(2,3)25)9-14(24-16)19(26,10-23)18(4,21)22/h5-9,25-26H,10,23H2,1-4H3. The van der Waals surface area contributed by atoms with Crippen molar-refractivity contribution >= 4 is 0 Å². The number of nitrogens with zero attached hydrogens (tertiary/aromatic N) is 1. The number of benzene rings is 1. The van der Waals surface area contributed by atoms with E-state index >= 15 is 4.39 Å². The highest BCUT2D eigenvalue weighted by Gasteiger charge is 2.51. The third-order valence-electron chi connectivity index (χ3n) is 4.39. The topological polar surface area (TPSA) is 79.4 Å². The fourth-order valence-corrected chi connectivity index (χ4v) is 2.60. The Kier molecular flexibility index (Phi) is 5.20. The number of aliphatic hydroxyl groups is 2. The van der Waals surface area contributed by atoms with Crippen LogP contribution < -0.4 is 5.73 Å². The van der Waals surface area contributed by atoms with Crippen molar-refractivity contribution < 1.29 is 23.4 Å². The summed E-state index contributed by atoms with van der Waals surface area (Å²) < 4.78 is 43.1. The number of hydrogen-bond acceptors (Lipinski definition) is 4. The molecular formula is C19H23F3N2O2. The first-order valence-electron chi connectivity index (χ1n) is 8.12. The van der Waals surface area contributed by atoms with Crippen molar-refractivity contribution in [2.75, 3.05) is 6.54 Å². The van der Waals surface area contributed by atoms with Crippen LogP contribution in [0.15, 0.2) is 30.3 Å². The van der Waals surface area contributed by atoms with Gasteiger partial charge in [0.15, 0.2) is 11.4 Å². The first-order chi connectivity index (χ1) is 11.8. The molecule has 4 nitrogen and oxygen atoms in total. The Morgan fingerprint density at radius 3 is 2.04 bits per heavy atom. The second-order valence-electron chi connectivity index (χ2n) is 7.10. The van der Waals surface area contributed by atoms with Gasteiger partial charge in [-0.1, -0.05) is 29.8 Å². The molecule has 0 radical (unpaired) electrons. The van der Waals surface area contributed by atoms with Crippen LogP contribution in [0.3, 0.4) is 0 Å². The van der Waals surface area contributed by atoms with Gasteiger partial charge in [0.2, 0.25) is 0 Å². The van der Waals surface area contributed by atoms with Crippen molar-refractivity contribution in [2.45, 2.75) is 44.8 Å². The Hall–Kier alpha value is -1.96. The maximum Gasteiger partial charge on any atom is 0.280 e. The lowest BCUT2D eigenvalue weighted by atomic mass is 9.87. The predicted octanol–water partition coefficient (Wildman–Crippen LogP) is 3.23. The SMILES string of the molecule is Cc1ccc(-c2nc(C(O)(CN)C(C)(F)F)cc(C(C)(C)O)c2F)cc1. The van der Waals surface area contributed by atoms with Crippen LogP contribution in [0.2, 0.25) is 0 Å². The quantitative estimate of drug-likeness (QED) is 0.757. The van der Waals surface area contributed by atoms with Crippen LogP contribution in [0.25, 0.3) is 11.3 Å². The molecule has 0 aliphatic rings. The molecule has 0 aliphatic heterocycles. The van der Waals surface area contributed by atoms with Gasteiger partial charge in [0.1, 0.15) is 5.69 Å². The van der Waals surface area contributed by atoms with E-state index in [2.05, 4.69) is 4.98 Å². The van der Waals surface area contributed by atoms with Gasteiger partial charge in [-0.05, 0) is 26.8 Å². The van der Waals surface area contributed by atoms with E-state index in [-0.39, 0.29) is 11.3 Å². The minimum atomic E-state index is -3.63. The molecule has 2 aromatic rings. The van der Waals surface area contributed by atoms with E-state index in [0.717, 1.165) is 11.6 Å². The van der Waals surface area contributed by atoms with E-state index in [9.17, 15) is 19.0 Å². The van der Waals surface area contributed by atoms with Crippen molar-refractivity contribution in [3.8, 4) is 11.3 Å². The summed E-state index contributed by atoms with van der Waals surface area (Å²) in [4.78, 5) is 3.96. The monoisotopic (exact) mass is 368 g/mol. The lowest BCUT2D eigenvalue weighted by Crippen LogP contribution is -2.50. The highest BCUT2D eigenvalue weighted by Crippen LogP contribution is 2.39. The van der Waals surface area contributed by atoms with Gasteiger partial charge in [0.05, 0.1) is 11.3 Å². The molecule has 26 heavy (non-hydrogen) atoms. The molecule has 1 heterocycles. The lowest BCUT2D eigenvalue weighted by Gasteiger charge is -2.33. The molecule has 0 bridgehead atoms. The average Bonchev–Trinajstić information content (AvgIpc) is 2.53. The second kappa shape index (κ2) is 6.64. The maximum atomic E-state index is 15.0. The summed E-state index contributed by atoms with van der Waals surface area (Å²) in [6, 6.07) is 7.55. The maximum absolute atomic E-state index is 15.0. The number of alkyl halides is 2. The van der Waals surface area contributed by atoms with E-state index in [1.807, 2.05) is 6.92 Å². The first kappa shape index (κ1) is 20.4. The van der Waals surface area contributed by atoms with Crippen LogP contribution in [0, 0.1) is 12.7 Å². The van der Waals surface area contributed by atoms with Gasteiger partial charge in [-0.25, -0.2) is 18.2 Å². The minimum absolute atomic E-state index is 0.240. The normalized spacial score (nSPS) is 15.0. The van der Waals surface area contributed by atoms with Gasteiger partial charge in [0.25, 0.3) is 5.92 Å². The Labute approximate surface area is 150 Å². The fourth-order valence-electron chi connectivity index (χ4n) is 2.60. The van der Waals surface area contributed by atoms with Crippen molar-refractivity contribution in [3.05, 3.63) is 53.0 Å². The third-order valence-corrected chi connectivity index (χ3v) is 4.39. The molecule has 0 spiro atoms. The van der Waals surface area contributed by atoms with Gasteiger partial charge >= 0.3 is 0 Å². The first-order valence-corrected chi connectivity index (χ1v) is 8.12. The molecule has 0 aliphatic carbocycles. The van der Waals surface area contributed by atoms with Crippen molar-refractivity contribution in [3.63, 3.8) is 0 Å². The lowest BCUT2D eigenvalue weighted by molar-refractivity contribution is -0.172. The predicted molar refractivity (Wildman–Crippen MR) is 93.2 cm³/mol. The van der Waals surface area contributed by atoms with Crippen LogP contribution in [0.5, 0.6) is 0 Å². The van der Waals surface area contributed by atoms with Gasteiger partial charge in [-0.2, -0.15) is 0 Å². The molecule has 4 N–H and O–H groups in total. The van der Waals surface area contributed by atoms with Crippen molar-refractivity contribution in [1.82, 2.24) is 4.98 Å². The van der Waals surface area contributed by atoms with Gasteiger partial charge in [0, 0.05) is 24.6 Å². The summed E-state index contributed by atoms with van der Waals surface area (Å²) in [6.45, 7) is 4.17. The van der Waals surface area contributed by atoms with Gasteiger partial charge in [-0.15, -0.1) is 0 Å². The molecule has 1 aromatic heterocycles. The number of halogens is 3. The minimum Gasteiger partial charge on any atom is -0.386 e. The summed E-state index contributed by atoms with van der Waals surface area (Å²) in [5.74, 6) is -4.47.